The number of methoxy groups -OCH3 is 1. The fraction of sp³-hybridized carbons (Fsp3) is 0.136. The fourth-order valence-electron chi connectivity index (χ4n) is 2.89. The summed E-state index contributed by atoms with van der Waals surface area (Å²) in [5.41, 5.74) is 1.60. The van der Waals surface area contributed by atoms with Crippen molar-refractivity contribution in [3.63, 3.8) is 0 Å². The number of hydrogen-bond donors (Lipinski definition) is 0. The minimum absolute atomic E-state index is 0.0199. The third-order valence-corrected chi connectivity index (χ3v) is 5.35. The van der Waals surface area contributed by atoms with E-state index < -0.39 is 0 Å². The van der Waals surface area contributed by atoms with Crippen molar-refractivity contribution in [2.45, 2.75) is 11.7 Å². The Labute approximate surface area is 172 Å². The van der Waals surface area contributed by atoms with Crippen molar-refractivity contribution in [1.82, 2.24) is 14.8 Å². The van der Waals surface area contributed by atoms with Gasteiger partial charge >= 0.3 is 0 Å². The molecule has 0 radical (unpaired) electrons. The van der Waals surface area contributed by atoms with Gasteiger partial charge in [-0.1, -0.05) is 42.1 Å². The lowest BCUT2D eigenvalue weighted by atomic mass is 10.1. The number of hydrogen-bond acceptors (Lipinski definition) is 6. The third-order valence-electron chi connectivity index (χ3n) is 4.39. The molecule has 0 amide bonds. The number of nitrogens with zero attached hydrogens (tertiary/aromatic N) is 3. The lowest BCUT2D eigenvalue weighted by molar-refractivity contribution is 0.102. The molecular formula is C22H19N3O3S. The molecule has 2 aromatic heterocycles. The largest absolute Gasteiger partial charge is 0.497 e. The standard InChI is InChI=1S/C22H19N3O3S/c1-27-18-11-9-16(10-12-18)20(26)15-29-22-24-23-21(17-6-3-2-4-7-17)25(22)14-19-8-5-13-28-19/h2-13H,14-15H2,1H3. The normalized spacial score (nSPS) is 10.8. The van der Waals surface area contributed by atoms with E-state index in [1.165, 1.54) is 11.8 Å². The van der Waals surface area contributed by atoms with Crippen LogP contribution < -0.4 is 4.74 Å². The lowest BCUT2D eigenvalue weighted by Gasteiger charge is -2.09. The molecule has 4 rings (SSSR count). The Kier molecular flexibility index (Phi) is 5.76. The predicted molar refractivity (Wildman–Crippen MR) is 111 cm³/mol. The van der Waals surface area contributed by atoms with Crippen LogP contribution in [0.2, 0.25) is 0 Å². The molecule has 2 aromatic carbocycles. The SMILES string of the molecule is COc1ccc(C(=O)CSc2nnc(-c3ccccc3)n2Cc2ccco2)cc1. The molecule has 0 unspecified atom stereocenters. The first-order valence-corrected chi connectivity index (χ1v) is 10.0. The van der Waals surface area contributed by atoms with E-state index in [1.807, 2.05) is 47.0 Å². The Morgan fingerprint density at radius 1 is 1.03 bits per heavy atom. The molecule has 0 fully saturated rings. The second-order valence-corrected chi connectivity index (χ2v) is 7.22. The summed E-state index contributed by atoms with van der Waals surface area (Å²) < 4.78 is 12.6. The van der Waals surface area contributed by atoms with Crippen molar-refractivity contribution in [2.75, 3.05) is 12.9 Å². The average Bonchev–Trinajstić information content (AvgIpc) is 3.43. The van der Waals surface area contributed by atoms with Crippen molar-refractivity contribution in [3.8, 4) is 17.1 Å². The van der Waals surface area contributed by atoms with Crippen molar-refractivity contribution in [3.05, 3.63) is 84.3 Å². The topological polar surface area (TPSA) is 70.2 Å². The lowest BCUT2D eigenvalue weighted by Crippen LogP contribution is -2.06. The summed E-state index contributed by atoms with van der Waals surface area (Å²) in [5.74, 6) is 2.54. The number of furan rings is 1. The first-order valence-electron chi connectivity index (χ1n) is 9.05. The highest BCUT2D eigenvalue weighted by atomic mass is 32.2. The van der Waals surface area contributed by atoms with E-state index in [2.05, 4.69) is 10.2 Å². The molecule has 0 atom stereocenters. The molecule has 29 heavy (non-hydrogen) atoms. The summed E-state index contributed by atoms with van der Waals surface area (Å²) in [6.45, 7) is 0.489. The zero-order valence-corrected chi connectivity index (χ0v) is 16.6. The maximum Gasteiger partial charge on any atom is 0.192 e. The Hall–Kier alpha value is -3.32. The number of ketones is 1. The molecule has 0 spiro atoms. The Morgan fingerprint density at radius 3 is 2.52 bits per heavy atom. The molecule has 4 aromatic rings. The van der Waals surface area contributed by atoms with Gasteiger partial charge in [-0.3, -0.25) is 9.36 Å². The molecule has 7 heteroatoms. The van der Waals surface area contributed by atoms with Crippen molar-refractivity contribution in [1.29, 1.82) is 0 Å². The summed E-state index contributed by atoms with van der Waals surface area (Å²) in [6, 6.07) is 20.7. The molecule has 0 aliphatic rings. The Balaban J connectivity index is 1.56. The predicted octanol–water partition coefficient (Wildman–Crippen LogP) is 4.57. The number of carbonyl (C=O) groups excluding carboxylic acids is 1. The van der Waals surface area contributed by atoms with E-state index in [4.69, 9.17) is 9.15 Å². The van der Waals surface area contributed by atoms with Gasteiger partial charge in [0.1, 0.15) is 11.5 Å². The van der Waals surface area contributed by atoms with Crippen LogP contribution in [0.25, 0.3) is 11.4 Å². The van der Waals surface area contributed by atoms with E-state index in [0.29, 0.717) is 17.3 Å². The molecule has 0 saturated carbocycles. The first kappa shape index (κ1) is 19.0. The minimum Gasteiger partial charge on any atom is -0.497 e. The molecular weight excluding hydrogens is 386 g/mol. The highest BCUT2D eigenvalue weighted by molar-refractivity contribution is 7.99. The van der Waals surface area contributed by atoms with Gasteiger partial charge in [-0.05, 0) is 36.4 Å². The van der Waals surface area contributed by atoms with E-state index in [0.717, 1.165) is 22.9 Å². The van der Waals surface area contributed by atoms with Gasteiger partial charge in [-0.25, -0.2) is 0 Å². The average molecular weight is 405 g/mol. The monoisotopic (exact) mass is 405 g/mol. The van der Waals surface area contributed by atoms with Crippen molar-refractivity contribution < 1.29 is 13.9 Å². The van der Waals surface area contributed by atoms with Gasteiger partial charge in [0, 0.05) is 11.1 Å². The number of carbonyl (C=O) groups is 1. The smallest absolute Gasteiger partial charge is 0.192 e. The number of aromatic nitrogens is 3. The van der Waals surface area contributed by atoms with E-state index in [-0.39, 0.29) is 11.5 Å². The molecule has 146 valence electrons. The fourth-order valence-corrected chi connectivity index (χ4v) is 3.72. The minimum atomic E-state index is 0.0199. The number of rotatable bonds is 8. The number of Topliss-reactive ketones (excluding diaryl/α,β-unsaturated/α-hetero) is 1. The van der Waals surface area contributed by atoms with Crippen LogP contribution in [0, 0.1) is 0 Å². The molecule has 0 bridgehead atoms. The van der Waals surface area contributed by atoms with Gasteiger partial charge < -0.3 is 9.15 Å². The van der Waals surface area contributed by atoms with Gasteiger partial charge in [0.25, 0.3) is 0 Å². The van der Waals surface area contributed by atoms with Crippen LogP contribution >= 0.6 is 11.8 Å². The van der Waals surface area contributed by atoms with E-state index >= 15 is 0 Å². The van der Waals surface area contributed by atoms with E-state index in [9.17, 15) is 4.79 Å². The van der Waals surface area contributed by atoms with Gasteiger partial charge in [0.05, 0.1) is 25.7 Å². The third kappa shape index (κ3) is 4.41. The molecule has 0 N–H and O–H groups in total. The highest BCUT2D eigenvalue weighted by Crippen LogP contribution is 2.26. The Morgan fingerprint density at radius 2 is 1.83 bits per heavy atom. The van der Waals surface area contributed by atoms with Crippen LogP contribution in [-0.2, 0) is 6.54 Å². The molecule has 0 aliphatic heterocycles. The van der Waals surface area contributed by atoms with Crippen LogP contribution in [0.4, 0.5) is 0 Å². The molecule has 2 heterocycles. The van der Waals surface area contributed by atoms with Gasteiger partial charge in [-0.2, -0.15) is 0 Å². The van der Waals surface area contributed by atoms with Crippen LogP contribution in [0.5, 0.6) is 5.75 Å². The molecule has 6 nitrogen and oxygen atoms in total. The van der Waals surface area contributed by atoms with Crippen LogP contribution in [0.15, 0.2) is 82.6 Å². The van der Waals surface area contributed by atoms with Crippen LogP contribution in [-0.4, -0.2) is 33.4 Å². The van der Waals surface area contributed by atoms with Crippen LogP contribution in [0.1, 0.15) is 16.1 Å². The van der Waals surface area contributed by atoms with Gasteiger partial charge in [0.15, 0.2) is 16.8 Å². The summed E-state index contributed by atoms with van der Waals surface area (Å²) >= 11 is 1.36. The van der Waals surface area contributed by atoms with Crippen LogP contribution in [0.3, 0.4) is 0 Å². The van der Waals surface area contributed by atoms with Gasteiger partial charge in [0.2, 0.25) is 0 Å². The van der Waals surface area contributed by atoms with E-state index in [1.54, 1.807) is 37.6 Å². The van der Waals surface area contributed by atoms with Crippen molar-refractivity contribution >= 4 is 17.5 Å². The summed E-state index contributed by atoms with van der Waals surface area (Å²) in [4.78, 5) is 12.6. The second kappa shape index (κ2) is 8.79. The quantitative estimate of drug-likeness (QED) is 0.316. The van der Waals surface area contributed by atoms with Gasteiger partial charge in [-0.15, -0.1) is 10.2 Å². The summed E-state index contributed by atoms with van der Waals surface area (Å²) in [6.07, 6.45) is 1.64. The van der Waals surface area contributed by atoms with Crippen molar-refractivity contribution in [2.24, 2.45) is 0 Å². The first-order chi connectivity index (χ1) is 14.2. The zero-order chi connectivity index (χ0) is 20.1. The summed E-state index contributed by atoms with van der Waals surface area (Å²) in [5, 5.41) is 9.36. The molecule has 0 saturated heterocycles. The highest BCUT2D eigenvalue weighted by Gasteiger charge is 2.17. The number of ether oxygens (including phenoxy) is 1. The number of thioether (sulfide) groups is 1. The second-order valence-electron chi connectivity index (χ2n) is 6.28. The number of benzene rings is 2. The zero-order valence-electron chi connectivity index (χ0n) is 15.8. The maximum atomic E-state index is 12.6. The maximum absolute atomic E-state index is 12.6. The Bertz CT molecular complexity index is 1070. The molecule has 0 aliphatic carbocycles. The summed E-state index contributed by atoms with van der Waals surface area (Å²) in [7, 11) is 1.60.